The molecule has 0 bridgehead atoms. The standard InChI is InChI=1S/C22H30N4O3S/c1-13-7-17(9-20(24-13)28-4)21-18(10-23-19(27)8-16-5-6-16)25-22(30-21)26-11-14(2)29-15(3)12-26/h7,9,14-16H,5-6,8,10-12H2,1-4H3,(H,23,27)/t14-,15+. The SMILES string of the molecule is COc1cc(-c2sc(N3C[C@@H](C)O[C@@H](C)C3)nc2CNC(=O)CC2CC2)cc(C)n1. The Morgan fingerprint density at radius 1 is 1.27 bits per heavy atom. The third-order valence-corrected chi connectivity index (χ3v) is 6.61. The zero-order chi connectivity index (χ0) is 21.3. The van der Waals surface area contributed by atoms with Gasteiger partial charge in [-0.1, -0.05) is 11.3 Å². The molecule has 4 rings (SSSR count). The zero-order valence-corrected chi connectivity index (χ0v) is 18.9. The molecule has 0 aromatic carbocycles. The molecular weight excluding hydrogens is 400 g/mol. The molecular formula is C22H30N4O3S. The molecule has 1 aliphatic heterocycles. The molecule has 0 radical (unpaired) electrons. The summed E-state index contributed by atoms with van der Waals surface area (Å²) in [5.74, 6) is 1.26. The number of anilines is 1. The fourth-order valence-electron chi connectivity index (χ4n) is 3.87. The first kappa shape index (κ1) is 21.1. The number of amides is 1. The lowest BCUT2D eigenvalue weighted by molar-refractivity contribution is -0.121. The lowest BCUT2D eigenvalue weighted by atomic mass is 10.1. The van der Waals surface area contributed by atoms with Gasteiger partial charge in [-0.2, -0.15) is 0 Å². The molecule has 1 N–H and O–H groups in total. The van der Waals surface area contributed by atoms with Crippen molar-refractivity contribution >= 4 is 22.4 Å². The van der Waals surface area contributed by atoms with Gasteiger partial charge in [-0.05, 0) is 45.6 Å². The predicted molar refractivity (Wildman–Crippen MR) is 118 cm³/mol. The first-order valence-electron chi connectivity index (χ1n) is 10.6. The number of aryl methyl sites for hydroxylation is 1. The predicted octanol–water partition coefficient (Wildman–Crippen LogP) is 3.55. The van der Waals surface area contributed by atoms with Crippen molar-refractivity contribution in [2.24, 2.45) is 5.92 Å². The minimum atomic E-state index is 0.107. The van der Waals surface area contributed by atoms with E-state index in [0.29, 0.717) is 24.8 Å². The van der Waals surface area contributed by atoms with E-state index in [1.165, 1.54) is 12.8 Å². The van der Waals surface area contributed by atoms with Crippen molar-refractivity contribution in [1.29, 1.82) is 0 Å². The van der Waals surface area contributed by atoms with Crippen molar-refractivity contribution in [2.75, 3.05) is 25.1 Å². The summed E-state index contributed by atoms with van der Waals surface area (Å²) >= 11 is 1.65. The van der Waals surface area contributed by atoms with Gasteiger partial charge >= 0.3 is 0 Å². The minimum Gasteiger partial charge on any atom is -0.481 e. The molecule has 1 aliphatic carbocycles. The topological polar surface area (TPSA) is 76.6 Å². The summed E-state index contributed by atoms with van der Waals surface area (Å²) in [7, 11) is 1.62. The molecule has 0 unspecified atom stereocenters. The van der Waals surface area contributed by atoms with E-state index in [4.69, 9.17) is 14.5 Å². The maximum Gasteiger partial charge on any atom is 0.220 e. The van der Waals surface area contributed by atoms with Crippen LogP contribution >= 0.6 is 11.3 Å². The first-order valence-corrected chi connectivity index (χ1v) is 11.4. The van der Waals surface area contributed by atoms with Crippen LogP contribution in [0.4, 0.5) is 5.13 Å². The Hall–Kier alpha value is -2.19. The Morgan fingerprint density at radius 2 is 2.00 bits per heavy atom. The number of hydrogen-bond donors (Lipinski definition) is 1. The van der Waals surface area contributed by atoms with Gasteiger partial charge in [0.2, 0.25) is 11.8 Å². The van der Waals surface area contributed by atoms with E-state index in [9.17, 15) is 4.79 Å². The van der Waals surface area contributed by atoms with E-state index in [1.54, 1.807) is 18.4 Å². The highest BCUT2D eigenvalue weighted by molar-refractivity contribution is 7.19. The van der Waals surface area contributed by atoms with Crippen LogP contribution in [0.25, 0.3) is 10.4 Å². The van der Waals surface area contributed by atoms with Crippen molar-refractivity contribution in [3.05, 3.63) is 23.5 Å². The van der Waals surface area contributed by atoms with Crippen LogP contribution in [0.5, 0.6) is 5.88 Å². The van der Waals surface area contributed by atoms with E-state index < -0.39 is 0 Å². The highest BCUT2D eigenvalue weighted by Gasteiger charge is 2.27. The lowest BCUT2D eigenvalue weighted by Gasteiger charge is -2.35. The lowest BCUT2D eigenvalue weighted by Crippen LogP contribution is -2.45. The van der Waals surface area contributed by atoms with E-state index in [-0.39, 0.29) is 18.1 Å². The smallest absolute Gasteiger partial charge is 0.220 e. The van der Waals surface area contributed by atoms with Crippen molar-refractivity contribution < 1.29 is 14.3 Å². The van der Waals surface area contributed by atoms with E-state index in [1.807, 2.05) is 19.1 Å². The summed E-state index contributed by atoms with van der Waals surface area (Å²) in [6.07, 6.45) is 3.27. The van der Waals surface area contributed by atoms with Gasteiger partial charge in [0.15, 0.2) is 5.13 Å². The van der Waals surface area contributed by atoms with Crippen LogP contribution in [0.1, 0.15) is 44.5 Å². The Bertz CT molecular complexity index is 902. The molecule has 2 aromatic rings. The largest absolute Gasteiger partial charge is 0.481 e. The summed E-state index contributed by atoms with van der Waals surface area (Å²) < 4.78 is 11.3. The van der Waals surface area contributed by atoms with Crippen LogP contribution in [0.2, 0.25) is 0 Å². The molecule has 3 heterocycles. The van der Waals surface area contributed by atoms with E-state index in [0.717, 1.165) is 40.0 Å². The molecule has 7 nitrogen and oxygen atoms in total. The number of hydrogen-bond acceptors (Lipinski definition) is 7. The van der Waals surface area contributed by atoms with Gasteiger partial charge < -0.3 is 19.7 Å². The number of carbonyl (C=O) groups is 1. The van der Waals surface area contributed by atoms with Crippen LogP contribution < -0.4 is 15.0 Å². The second-order valence-corrected chi connectivity index (χ2v) is 9.38. The molecule has 1 saturated heterocycles. The first-order chi connectivity index (χ1) is 14.4. The third-order valence-electron chi connectivity index (χ3n) is 5.40. The number of nitrogens with one attached hydrogen (secondary N) is 1. The summed E-state index contributed by atoms with van der Waals surface area (Å²) in [6, 6.07) is 3.98. The van der Waals surface area contributed by atoms with Crippen LogP contribution in [-0.2, 0) is 16.1 Å². The number of aromatic nitrogens is 2. The maximum atomic E-state index is 12.3. The minimum absolute atomic E-state index is 0.107. The van der Waals surface area contributed by atoms with Gasteiger partial charge in [0.05, 0.1) is 36.4 Å². The maximum absolute atomic E-state index is 12.3. The molecule has 0 spiro atoms. The fourth-order valence-corrected chi connectivity index (χ4v) is 4.95. The highest BCUT2D eigenvalue weighted by Crippen LogP contribution is 2.37. The van der Waals surface area contributed by atoms with Gasteiger partial charge in [-0.25, -0.2) is 9.97 Å². The summed E-state index contributed by atoms with van der Waals surface area (Å²) in [5.41, 5.74) is 2.79. The average Bonchev–Trinajstić information content (AvgIpc) is 3.40. The monoisotopic (exact) mass is 430 g/mol. The van der Waals surface area contributed by atoms with Crippen molar-refractivity contribution in [3.63, 3.8) is 0 Å². The summed E-state index contributed by atoms with van der Waals surface area (Å²) in [6.45, 7) is 8.18. The second-order valence-electron chi connectivity index (χ2n) is 8.40. The van der Waals surface area contributed by atoms with Crippen LogP contribution in [0.15, 0.2) is 12.1 Å². The Morgan fingerprint density at radius 3 is 2.67 bits per heavy atom. The zero-order valence-electron chi connectivity index (χ0n) is 18.1. The van der Waals surface area contributed by atoms with Crippen LogP contribution in [0.3, 0.4) is 0 Å². The fraction of sp³-hybridized carbons (Fsp3) is 0.591. The van der Waals surface area contributed by atoms with Gasteiger partial charge in [0.25, 0.3) is 0 Å². The number of morpholine rings is 1. The number of methoxy groups -OCH3 is 1. The van der Waals surface area contributed by atoms with Crippen LogP contribution in [0, 0.1) is 12.8 Å². The summed E-state index contributed by atoms with van der Waals surface area (Å²) in [4.78, 5) is 25.0. The van der Waals surface area contributed by atoms with Crippen molar-refractivity contribution in [2.45, 2.75) is 58.8 Å². The van der Waals surface area contributed by atoms with Crippen molar-refractivity contribution in [3.8, 4) is 16.3 Å². The number of rotatable bonds is 7. The quantitative estimate of drug-likeness (QED) is 0.724. The number of carbonyl (C=O) groups excluding carboxylic acids is 1. The highest BCUT2D eigenvalue weighted by atomic mass is 32.1. The number of ether oxygens (including phenoxy) is 2. The molecule has 2 aliphatic rings. The second kappa shape index (κ2) is 8.89. The molecule has 30 heavy (non-hydrogen) atoms. The number of pyridine rings is 1. The van der Waals surface area contributed by atoms with Gasteiger partial charge in [-0.15, -0.1) is 0 Å². The molecule has 1 amide bonds. The van der Waals surface area contributed by atoms with Crippen molar-refractivity contribution in [1.82, 2.24) is 15.3 Å². The van der Waals surface area contributed by atoms with Gasteiger partial charge in [-0.3, -0.25) is 4.79 Å². The average molecular weight is 431 g/mol. The van der Waals surface area contributed by atoms with E-state index in [2.05, 4.69) is 29.0 Å². The molecule has 2 aromatic heterocycles. The Labute approximate surface area is 181 Å². The summed E-state index contributed by atoms with van der Waals surface area (Å²) in [5, 5.41) is 4.04. The van der Waals surface area contributed by atoms with E-state index >= 15 is 0 Å². The normalized spacial score (nSPS) is 21.5. The number of nitrogens with zero attached hydrogens (tertiary/aromatic N) is 3. The van der Waals surface area contributed by atoms with Crippen LogP contribution in [-0.4, -0.2) is 48.3 Å². The Kier molecular flexibility index (Phi) is 6.24. The molecule has 162 valence electrons. The molecule has 2 atom stereocenters. The molecule has 1 saturated carbocycles. The molecule has 2 fully saturated rings. The van der Waals surface area contributed by atoms with Gasteiger partial charge in [0.1, 0.15) is 0 Å². The number of thiazole rings is 1. The Balaban J connectivity index is 1.62. The van der Waals surface area contributed by atoms with Gasteiger partial charge in [0, 0.05) is 36.8 Å². The third kappa shape index (κ3) is 5.10. The molecule has 8 heteroatoms.